The summed E-state index contributed by atoms with van der Waals surface area (Å²) in [4.78, 5) is 46.6. The first-order chi connectivity index (χ1) is 12.7. The van der Waals surface area contributed by atoms with Gasteiger partial charge in [0.05, 0.1) is 0 Å². The third-order valence-electron chi connectivity index (χ3n) is 3.85. The number of carbonyl (C=O) groups is 4. The number of ether oxygens (including phenoxy) is 4. The summed E-state index contributed by atoms with van der Waals surface area (Å²) in [7, 11) is 0. The van der Waals surface area contributed by atoms with E-state index in [1.807, 2.05) is 0 Å². The first kappa shape index (κ1) is 22.8. The lowest BCUT2D eigenvalue weighted by Gasteiger charge is -2.43. The molecule has 1 fully saturated rings. The average Bonchev–Trinajstić information content (AvgIpc) is 2.64. The topological polar surface area (TPSA) is 137 Å². The molecule has 5 atom stereocenters. The van der Waals surface area contributed by atoms with Gasteiger partial charge in [-0.2, -0.15) is 0 Å². The Morgan fingerprint density at radius 3 is 1.93 bits per heavy atom. The van der Waals surface area contributed by atoms with E-state index in [0.29, 0.717) is 0 Å². The largest absolute Gasteiger partial charge is 0.463 e. The number of amides is 1. The van der Waals surface area contributed by atoms with Crippen molar-refractivity contribution in [2.45, 2.75) is 77.6 Å². The van der Waals surface area contributed by atoms with Crippen molar-refractivity contribution in [2.75, 3.05) is 6.61 Å². The van der Waals surface area contributed by atoms with Crippen molar-refractivity contribution < 1.29 is 43.2 Å². The number of aliphatic hydroxyl groups excluding tert-OH is 1. The minimum absolute atomic E-state index is 0.0319. The number of nitrogens with one attached hydrogen (secondary N) is 1. The monoisotopic (exact) mass is 389 g/mol. The Morgan fingerprint density at radius 2 is 1.44 bits per heavy atom. The normalized spacial score (nSPS) is 27.4. The van der Waals surface area contributed by atoms with Crippen LogP contribution in [0.4, 0.5) is 0 Å². The molecule has 0 aromatic heterocycles. The molecule has 3 unspecified atom stereocenters. The van der Waals surface area contributed by atoms with Crippen LogP contribution in [-0.2, 0) is 38.1 Å². The number of carbonyl (C=O) groups excluding carboxylic acids is 4. The summed E-state index contributed by atoms with van der Waals surface area (Å²) in [6, 6.07) is -1.16. The van der Waals surface area contributed by atoms with Crippen molar-refractivity contribution in [3.05, 3.63) is 0 Å². The van der Waals surface area contributed by atoms with E-state index in [0.717, 1.165) is 0 Å². The Morgan fingerprint density at radius 1 is 0.926 bits per heavy atom. The molecule has 0 saturated carbocycles. The summed E-state index contributed by atoms with van der Waals surface area (Å²) in [6.07, 6.45) is -4.85. The molecule has 1 aliphatic rings. The van der Waals surface area contributed by atoms with Crippen molar-refractivity contribution in [1.29, 1.82) is 0 Å². The highest BCUT2D eigenvalue weighted by molar-refractivity contribution is 5.74. The third-order valence-corrected chi connectivity index (χ3v) is 3.85. The first-order valence-electron chi connectivity index (χ1n) is 8.88. The first-order valence-corrected chi connectivity index (χ1v) is 8.88. The predicted octanol–water partition coefficient (Wildman–Crippen LogP) is -0.195. The zero-order chi connectivity index (χ0) is 20.6. The molecule has 0 aliphatic carbocycles. The highest BCUT2D eigenvalue weighted by atomic mass is 16.7. The van der Waals surface area contributed by atoms with Gasteiger partial charge in [-0.15, -0.1) is 0 Å². The lowest BCUT2D eigenvalue weighted by molar-refractivity contribution is -0.265. The maximum Gasteiger partial charge on any atom is 0.306 e. The van der Waals surface area contributed by atoms with Gasteiger partial charge in [0.25, 0.3) is 0 Å². The lowest BCUT2D eigenvalue weighted by atomic mass is 9.96. The summed E-state index contributed by atoms with van der Waals surface area (Å²) in [5.41, 5.74) is 0. The quantitative estimate of drug-likeness (QED) is 0.427. The van der Waals surface area contributed by atoms with Crippen molar-refractivity contribution in [3.63, 3.8) is 0 Å². The van der Waals surface area contributed by atoms with Crippen LogP contribution in [0.5, 0.6) is 0 Å². The van der Waals surface area contributed by atoms with E-state index in [4.69, 9.17) is 18.9 Å². The molecule has 1 aliphatic heterocycles. The van der Waals surface area contributed by atoms with Gasteiger partial charge in [-0.25, -0.2) is 0 Å². The van der Waals surface area contributed by atoms with Crippen LogP contribution in [-0.4, -0.2) is 66.2 Å². The Labute approximate surface area is 157 Å². The van der Waals surface area contributed by atoms with E-state index in [9.17, 15) is 24.3 Å². The highest BCUT2D eigenvalue weighted by Crippen LogP contribution is 2.26. The van der Waals surface area contributed by atoms with Crippen LogP contribution in [0.3, 0.4) is 0 Å². The molecule has 10 nitrogen and oxygen atoms in total. The smallest absolute Gasteiger partial charge is 0.306 e. The van der Waals surface area contributed by atoms with Crippen LogP contribution >= 0.6 is 0 Å². The molecule has 27 heavy (non-hydrogen) atoms. The van der Waals surface area contributed by atoms with Gasteiger partial charge >= 0.3 is 17.9 Å². The summed E-state index contributed by atoms with van der Waals surface area (Å²) in [6.45, 7) is 5.64. The van der Waals surface area contributed by atoms with E-state index in [1.165, 1.54) is 6.92 Å². The van der Waals surface area contributed by atoms with Crippen molar-refractivity contribution in [2.24, 2.45) is 0 Å². The number of aliphatic hydroxyl groups is 1. The van der Waals surface area contributed by atoms with Crippen LogP contribution in [0.15, 0.2) is 0 Å². The van der Waals surface area contributed by atoms with Crippen molar-refractivity contribution in [3.8, 4) is 0 Å². The summed E-state index contributed by atoms with van der Waals surface area (Å²) < 4.78 is 21.1. The minimum Gasteiger partial charge on any atom is -0.463 e. The molecule has 0 radical (unpaired) electrons. The molecule has 1 amide bonds. The second-order valence-corrected chi connectivity index (χ2v) is 5.94. The van der Waals surface area contributed by atoms with Crippen LogP contribution in [0.25, 0.3) is 0 Å². The van der Waals surface area contributed by atoms with Crippen LogP contribution in [0, 0.1) is 0 Å². The van der Waals surface area contributed by atoms with Crippen LogP contribution in [0.1, 0.15) is 47.0 Å². The van der Waals surface area contributed by atoms with E-state index in [1.54, 1.807) is 20.8 Å². The average molecular weight is 389 g/mol. The molecule has 0 bridgehead atoms. The Kier molecular flexibility index (Phi) is 9.16. The molecule has 1 heterocycles. The van der Waals surface area contributed by atoms with Gasteiger partial charge in [0.1, 0.15) is 18.8 Å². The minimum atomic E-state index is -1.56. The molecule has 0 spiro atoms. The molecular weight excluding hydrogens is 362 g/mol. The van der Waals surface area contributed by atoms with E-state index in [-0.39, 0.29) is 25.9 Å². The Bertz CT molecular complexity index is 551. The molecule has 10 heteroatoms. The maximum absolute atomic E-state index is 11.9. The number of hydrogen-bond donors (Lipinski definition) is 2. The fraction of sp³-hybridized carbons (Fsp3) is 0.765. The van der Waals surface area contributed by atoms with E-state index >= 15 is 0 Å². The van der Waals surface area contributed by atoms with Gasteiger partial charge in [-0.05, 0) is 0 Å². The van der Waals surface area contributed by atoms with Crippen molar-refractivity contribution >= 4 is 23.8 Å². The van der Waals surface area contributed by atoms with Gasteiger partial charge < -0.3 is 29.4 Å². The SMILES string of the molecule is CCC(=O)OCC1OC(O)C(NC(C)=O)[C@@H](OC(=O)CC)[C@@H]1OC(=O)CC. The third kappa shape index (κ3) is 6.79. The fourth-order valence-electron chi connectivity index (χ4n) is 2.47. The molecule has 1 rings (SSSR count). The lowest BCUT2D eigenvalue weighted by Crippen LogP contribution is -2.66. The predicted molar refractivity (Wildman–Crippen MR) is 90.1 cm³/mol. The number of hydrogen-bond acceptors (Lipinski definition) is 9. The number of rotatable bonds is 8. The maximum atomic E-state index is 11.9. The standard InChI is InChI=1S/C17H27NO9/c1-5-11(20)24-8-10-15(26-12(21)6-2)16(27-13(22)7-3)14(17(23)25-10)18-9(4)19/h10,14-17,23H,5-8H2,1-4H3,(H,18,19)/t10?,14?,15-,16-,17?/m1/s1. The summed E-state index contributed by atoms with van der Waals surface area (Å²) in [5.74, 6) is -2.24. The van der Waals surface area contributed by atoms with Gasteiger partial charge in [-0.3, -0.25) is 19.2 Å². The van der Waals surface area contributed by atoms with Gasteiger partial charge in [0.15, 0.2) is 18.5 Å². The summed E-state index contributed by atoms with van der Waals surface area (Å²) >= 11 is 0. The Balaban J connectivity index is 3.15. The highest BCUT2D eigenvalue weighted by Gasteiger charge is 2.50. The van der Waals surface area contributed by atoms with Gasteiger partial charge in [-0.1, -0.05) is 20.8 Å². The second-order valence-electron chi connectivity index (χ2n) is 5.94. The second kappa shape index (κ2) is 10.8. The molecule has 0 aromatic carbocycles. The van der Waals surface area contributed by atoms with E-state index in [2.05, 4.69) is 5.32 Å². The van der Waals surface area contributed by atoms with E-state index < -0.39 is 54.5 Å². The summed E-state index contributed by atoms with van der Waals surface area (Å²) in [5, 5.41) is 12.7. The zero-order valence-corrected chi connectivity index (χ0v) is 15.9. The van der Waals surface area contributed by atoms with Crippen molar-refractivity contribution in [1.82, 2.24) is 5.32 Å². The van der Waals surface area contributed by atoms with Crippen LogP contribution in [0.2, 0.25) is 0 Å². The van der Waals surface area contributed by atoms with Gasteiger partial charge in [0, 0.05) is 26.2 Å². The molecular formula is C17H27NO9. The van der Waals surface area contributed by atoms with Gasteiger partial charge in [0.2, 0.25) is 5.91 Å². The molecule has 1 saturated heterocycles. The fourth-order valence-corrected chi connectivity index (χ4v) is 2.47. The number of esters is 3. The van der Waals surface area contributed by atoms with Crippen LogP contribution < -0.4 is 5.32 Å². The molecule has 154 valence electrons. The molecule has 0 aromatic rings. The zero-order valence-electron chi connectivity index (χ0n) is 15.9. The molecule has 2 N–H and O–H groups in total. The Hall–Kier alpha value is -2.20.